The first-order valence-corrected chi connectivity index (χ1v) is 7.70. The molecule has 2 aliphatic rings. The number of aliphatic carboxylic acids is 1. The van der Waals surface area contributed by atoms with Crippen LogP contribution in [0.15, 0.2) is 18.2 Å². The van der Waals surface area contributed by atoms with Crippen molar-refractivity contribution in [2.75, 3.05) is 37.7 Å². The quantitative estimate of drug-likeness (QED) is 0.563. The predicted octanol–water partition coefficient (Wildman–Crippen LogP) is -0.368. The van der Waals surface area contributed by atoms with Crippen LogP contribution in [0, 0.1) is 10.1 Å². The summed E-state index contributed by atoms with van der Waals surface area (Å²) in [5.41, 5.74) is -0.108. The van der Waals surface area contributed by atoms with Gasteiger partial charge in [-0.3, -0.25) is 24.6 Å². The average molecular weight is 365 g/mol. The fourth-order valence-corrected chi connectivity index (χ4v) is 2.74. The SMILES string of the molecule is O=C(O)C1CN(C(=O)CN2C(=O)COc3ccc([N+](=O)[O-])cc32)CCO1. The smallest absolute Gasteiger partial charge is 0.334 e. The average Bonchev–Trinajstić information content (AvgIpc) is 2.63. The maximum absolute atomic E-state index is 12.5. The topological polar surface area (TPSA) is 140 Å². The summed E-state index contributed by atoms with van der Waals surface area (Å²) >= 11 is 0. The maximum atomic E-state index is 12.5. The van der Waals surface area contributed by atoms with Gasteiger partial charge < -0.3 is 19.5 Å². The van der Waals surface area contributed by atoms with Crippen LogP contribution in [0.25, 0.3) is 0 Å². The molecule has 2 heterocycles. The molecule has 11 heteroatoms. The number of nitro benzene ring substituents is 1. The zero-order valence-corrected chi connectivity index (χ0v) is 13.5. The summed E-state index contributed by atoms with van der Waals surface area (Å²) in [6, 6.07) is 3.78. The minimum atomic E-state index is -1.18. The number of non-ortho nitro benzene ring substituents is 1. The number of carbonyl (C=O) groups is 3. The first-order chi connectivity index (χ1) is 12.4. The molecule has 138 valence electrons. The first-order valence-electron chi connectivity index (χ1n) is 7.70. The summed E-state index contributed by atoms with van der Waals surface area (Å²) in [6.07, 6.45) is -1.12. The van der Waals surface area contributed by atoms with Gasteiger partial charge in [-0.05, 0) is 6.07 Å². The fourth-order valence-electron chi connectivity index (χ4n) is 2.74. The van der Waals surface area contributed by atoms with Crippen LogP contribution in [0.2, 0.25) is 0 Å². The van der Waals surface area contributed by atoms with Gasteiger partial charge in [0.05, 0.1) is 23.8 Å². The van der Waals surface area contributed by atoms with Gasteiger partial charge in [0, 0.05) is 18.7 Å². The number of morpholine rings is 1. The van der Waals surface area contributed by atoms with E-state index in [1.54, 1.807) is 0 Å². The third kappa shape index (κ3) is 3.42. The van der Waals surface area contributed by atoms with E-state index in [-0.39, 0.29) is 50.0 Å². The highest BCUT2D eigenvalue weighted by Gasteiger charge is 2.33. The second-order valence-electron chi connectivity index (χ2n) is 5.72. The Hall–Kier alpha value is -3.21. The molecule has 1 fully saturated rings. The highest BCUT2D eigenvalue weighted by atomic mass is 16.6. The Morgan fingerprint density at radius 2 is 2.15 bits per heavy atom. The van der Waals surface area contributed by atoms with Crippen LogP contribution < -0.4 is 9.64 Å². The van der Waals surface area contributed by atoms with Gasteiger partial charge in [0.15, 0.2) is 12.7 Å². The number of anilines is 1. The zero-order valence-electron chi connectivity index (χ0n) is 13.5. The lowest BCUT2D eigenvalue weighted by atomic mass is 10.2. The lowest BCUT2D eigenvalue weighted by molar-refractivity contribution is -0.384. The molecule has 1 saturated heterocycles. The molecule has 0 aliphatic carbocycles. The molecule has 0 saturated carbocycles. The monoisotopic (exact) mass is 365 g/mol. The van der Waals surface area contributed by atoms with E-state index < -0.39 is 28.8 Å². The van der Waals surface area contributed by atoms with Gasteiger partial charge in [-0.2, -0.15) is 0 Å². The van der Waals surface area contributed by atoms with Crippen molar-refractivity contribution in [2.45, 2.75) is 6.10 Å². The molecule has 3 rings (SSSR count). The molecule has 1 unspecified atom stereocenters. The molecule has 1 aromatic rings. The number of benzene rings is 1. The van der Waals surface area contributed by atoms with Crippen LogP contribution in [0.4, 0.5) is 11.4 Å². The van der Waals surface area contributed by atoms with Crippen LogP contribution >= 0.6 is 0 Å². The van der Waals surface area contributed by atoms with E-state index in [1.807, 2.05) is 0 Å². The molecular weight excluding hydrogens is 350 g/mol. The number of fused-ring (bicyclic) bond motifs is 1. The number of amides is 2. The summed E-state index contributed by atoms with van der Waals surface area (Å²) in [6.45, 7) is -0.527. The number of carbonyl (C=O) groups excluding carboxylic acids is 2. The maximum Gasteiger partial charge on any atom is 0.334 e. The molecule has 1 aromatic carbocycles. The van der Waals surface area contributed by atoms with Gasteiger partial charge in [-0.1, -0.05) is 0 Å². The highest BCUT2D eigenvalue weighted by Crippen LogP contribution is 2.35. The van der Waals surface area contributed by atoms with E-state index in [0.717, 1.165) is 4.90 Å². The largest absolute Gasteiger partial charge is 0.482 e. The minimum Gasteiger partial charge on any atom is -0.482 e. The van der Waals surface area contributed by atoms with Gasteiger partial charge >= 0.3 is 5.97 Å². The van der Waals surface area contributed by atoms with Crippen molar-refractivity contribution in [1.82, 2.24) is 4.90 Å². The van der Waals surface area contributed by atoms with E-state index in [9.17, 15) is 24.5 Å². The van der Waals surface area contributed by atoms with Gasteiger partial charge in [0.25, 0.3) is 11.6 Å². The molecule has 0 radical (unpaired) electrons. The summed E-state index contributed by atoms with van der Waals surface area (Å²) in [4.78, 5) is 48.5. The molecule has 11 nitrogen and oxygen atoms in total. The zero-order chi connectivity index (χ0) is 18.8. The summed E-state index contributed by atoms with van der Waals surface area (Å²) in [7, 11) is 0. The molecule has 2 amide bonds. The number of rotatable bonds is 4. The normalized spacial score (nSPS) is 19.5. The van der Waals surface area contributed by atoms with Crippen molar-refractivity contribution in [3.63, 3.8) is 0 Å². The Morgan fingerprint density at radius 1 is 1.38 bits per heavy atom. The predicted molar refractivity (Wildman–Crippen MR) is 84.9 cm³/mol. The molecule has 0 bridgehead atoms. The molecule has 0 spiro atoms. The van der Waals surface area contributed by atoms with Crippen molar-refractivity contribution in [2.24, 2.45) is 0 Å². The number of nitro groups is 1. The van der Waals surface area contributed by atoms with Gasteiger partial charge in [0.2, 0.25) is 5.91 Å². The molecule has 0 aromatic heterocycles. The van der Waals surface area contributed by atoms with Crippen LogP contribution in [0.1, 0.15) is 0 Å². The van der Waals surface area contributed by atoms with Gasteiger partial charge in [0.1, 0.15) is 12.3 Å². The van der Waals surface area contributed by atoms with Gasteiger partial charge in [-0.15, -0.1) is 0 Å². The summed E-state index contributed by atoms with van der Waals surface area (Å²) < 4.78 is 10.3. The minimum absolute atomic E-state index is 0.0713. The summed E-state index contributed by atoms with van der Waals surface area (Å²) in [5, 5.41) is 20.0. The van der Waals surface area contributed by atoms with Crippen molar-refractivity contribution in [3.05, 3.63) is 28.3 Å². The third-order valence-electron chi connectivity index (χ3n) is 4.08. The second kappa shape index (κ2) is 6.96. The lowest BCUT2D eigenvalue weighted by Crippen LogP contribution is -2.52. The lowest BCUT2D eigenvalue weighted by Gasteiger charge is -2.34. The van der Waals surface area contributed by atoms with Gasteiger partial charge in [-0.25, -0.2) is 4.79 Å². The van der Waals surface area contributed by atoms with E-state index in [4.69, 9.17) is 14.6 Å². The standard InChI is InChI=1S/C15H15N3O8/c19-13(16-3-4-25-12(6-16)15(21)22)7-17-10-5-9(18(23)24)1-2-11(10)26-8-14(17)20/h1-2,5,12H,3-4,6-8H2,(H,21,22). The number of carboxylic acids is 1. The Bertz CT molecular complexity index is 780. The van der Waals surface area contributed by atoms with E-state index in [0.29, 0.717) is 0 Å². The molecule has 26 heavy (non-hydrogen) atoms. The number of hydrogen-bond donors (Lipinski definition) is 1. The highest BCUT2D eigenvalue weighted by molar-refractivity contribution is 6.02. The van der Waals surface area contributed by atoms with Crippen molar-refractivity contribution < 1.29 is 33.9 Å². The molecule has 1 N–H and O–H groups in total. The Balaban J connectivity index is 1.80. The second-order valence-corrected chi connectivity index (χ2v) is 5.72. The Kier molecular flexibility index (Phi) is 4.71. The van der Waals surface area contributed by atoms with Crippen LogP contribution in [0.5, 0.6) is 5.75 Å². The number of hydrogen-bond acceptors (Lipinski definition) is 7. The third-order valence-corrected chi connectivity index (χ3v) is 4.08. The molecule has 2 aliphatic heterocycles. The van der Waals surface area contributed by atoms with E-state index in [2.05, 4.69) is 0 Å². The number of carboxylic acid groups (broad SMARTS) is 1. The number of ether oxygens (including phenoxy) is 2. The van der Waals surface area contributed by atoms with Crippen molar-refractivity contribution >= 4 is 29.2 Å². The van der Waals surface area contributed by atoms with E-state index >= 15 is 0 Å². The Morgan fingerprint density at radius 3 is 2.85 bits per heavy atom. The van der Waals surface area contributed by atoms with Crippen molar-refractivity contribution in [1.29, 1.82) is 0 Å². The molecule has 1 atom stereocenters. The van der Waals surface area contributed by atoms with Crippen LogP contribution in [-0.2, 0) is 19.1 Å². The number of nitrogens with zero attached hydrogens (tertiary/aromatic N) is 3. The molecular formula is C15H15N3O8. The van der Waals surface area contributed by atoms with Crippen molar-refractivity contribution in [3.8, 4) is 5.75 Å². The summed E-state index contributed by atoms with van der Waals surface area (Å²) in [5.74, 6) is -1.92. The fraction of sp³-hybridized carbons (Fsp3) is 0.400. The van der Waals surface area contributed by atoms with E-state index in [1.165, 1.54) is 23.1 Å². The van der Waals surface area contributed by atoms with Crippen LogP contribution in [0.3, 0.4) is 0 Å². The first kappa shape index (κ1) is 17.6. The van der Waals surface area contributed by atoms with Crippen LogP contribution in [-0.4, -0.2) is 71.7 Å². The Labute approximate surface area is 146 Å².